The molecule has 0 amide bonds. The number of halogens is 1. The monoisotopic (exact) mass is 309 g/mol. The van der Waals surface area contributed by atoms with E-state index in [1.807, 2.05) is 42.8 Å². The molecule has 3 N–H and O–H groups in total. The molecule has 6 heteroatoms. The molecule has 18 heavy (non-hydrogen) atoms. The molecule has 96 valence electrons. The lowest BCUT2D eigenvalue weighted by Gasteiger charge is -2.07. The first kappa shape index (κ1) is 12.9. The summed E-state index contributed by atoms with van der Waals surface area (Å²) in [5, 5.41) is 3.04. The summed E-state index contributed by atoms with van der Waals surface area (Å²) in [7, 11) is 0. The summed E-state index contributed by atoms with van der Waals surface area (Å²) in [5.41, 5.74) is 7.53. The molecular formula is C12H16BrN5. The van der Waals surface area contributed by atoms with Gasteiger partial charge in [0.15, 0.2) is 5.96 Å². The van der Waals surface area contributed by atoms with Crippen LogP contribution in [0.25, 0.3) is 5.65 Å². The molecule has 0 aliphatic carbocycles. The number of rotatable bonds is 3. The molecule has 0 unspecified atom stereocenters. The number of pyridine rings is 1. The molecule has 0 atom stereocenters. The van der Waals surface area contributed by atoms with Gasteiger partial charge in [-0.05, 0) is 41.9 Å². The van der Waals surface area contributed by atoms with E-state index in [4.69, 9.17) is 5.73 Å². The lowest BCUT2D eigenvalue weighted by Crippen LogP contribution is -2.36. The van der Waals surface area contributed by atoms with Gasteiger partial charge in [0, 0.05) is 22.9 Å². The fourth-order valence-electron chi connectivity index (χ4n) is 1.60. The van der Waals surface area contributed by atoms with Crippen molar-refractivity contribution in [2.24, 2.45) is 10.7 Å². The van der Waals surface area contributed by atoms with Crippen LogP contribution in [0.3, 0.4) is 0 Å². The zero-order valence-electron chi connectivity index (χ0n) is 10.4. The van der Waals surface area contributed by atoms with Gasteiger partial charge in [-0.3, -0.25) is 0 Å². The second-order valence-corrected chi connectivity index (χ2v) is 5.26. The van der Waals surface area contributed by atoms with E-state index in [9.17, 15) is 0 Å². The van der Waals surface area contributed by atoms with Gasteiger partial charge in [-0.25, -0.2) is 9.98 Å². The number of fused-ring (bicyclic) bond motifs is 1. The fraction of sp³-hybridized carbons (Fsp3) is 0.333. The minimum absolute atomic E-state index is 0.283. The highest BCUT2D eigenvalue weighted by Gasteiger charge is 2.02. The van der Waals surface area contributed by atoms with Crippen molar-refractivity contribution in [3.8, 4) is 0 Å². The van der Waals surface area contributed by atoms with Crippen LogP contribution in [0.15, 0.2) is 34.0 Å². The third-order valence-electron chi connectivity index (χ3n) is 2.31. The molecule has 2 aromatic rings. The number of nitrogens with one attached hydrogen (secondary N) is 1. The van der Waals surface area contributed by atoms with Crippen LogP contribution in [-0.2, 0) is 6.54 Å². The lowest BCUT2D eigenvalue weighted by molar-refractivity contribution is 0.723. The van der Waals surface area contributed by atoms with Crippen molar-refractivity contribution in [3.63, 3.8) is 0 Å². The maximum Gasteiger partial charge on any atom is 0.189 e. The minimum atomic E-state index is 0.283. The molecule has 0 bridgehead atoms. The number of hydrogen-bond acceptors (Lipinski definition) is 2. The Labute approximate surface area is 114 Å². The number of aliphatic imine (C=N–C) groups is 1. The second-order valence-electron chi connectivity index (χ2n) is 4.35. The van der Waals surface area contributed by atoms with Gasteiger partial charge >= 0.3 is 0 Å². The first-order valence-electron chi connectivity index (χ1n) is 5.74. The second kappa shape index (κ2) is 5.39. The number of imidazole rings is 1. The average Bonchev–Trinajstić information content (AvgIpc) is 2.67. The quantitative estimate of drug-likeness (QED) is 0.672. The number of aromatic nitrogens is 2. The van der Waals surface area contributed by atoms with Crippen molar-refractivity contribution >= 4 is 27.5 Å². The molecule has 0 spiro atoms. The van der Waals surface area contributed by atoms with E-state index in [1.54, 1.807) is 0 Å². The summed E-state index contributed by atoms with van der Waals surface area (Å²) in [6.45, 7) is 4.51. The smallest absolute Gasteiger partial charge is 0.189 e. The Morgan fingerprint density at radius 1 is 1.50 bits per heavy atom. The number of nitrogens with zero attached hydrogens (tertiary/aromatic N) is 3. The summed E-state index contributed by atoms with van der Waals surface area (Å²) in [6.07, 6.45) is 3.91. The van der Waals surface area contributed by atoms with Gasteiger partial charge < -0.3 is 15.5 Å². The van der Waals surface area contributed by atoms with Crippen LogP contribution in [0.4, 0.5) is 0 Å². The summed E-state index contributed by atoms with van der Waals surface area (Å²) in [5.74, 6) is 0.447. The van der Waals surface area contributed by atoms with Gasteiger partial charge in [0.25, 0.3) is 0 Å². The molecule has 2 rings (SSSR count). The van der Waals surface area contributed by atoms with Gasteiger partial charge in [0.05, 0.1) is 12.2 Å². The minimum Gasteiger partial charge on any atom is -0.370 e. The van der Waals surface area contributed by atoms with E-state index in [2.05, 4.69) is 31.2 Å². The Morgan fingerprint density at radius 3 is 3.00 bits per heavy atom. The van der Waals surface area contributed by atoms with Crippen molar-refractivity contribution in [2.75, 3.05) is 0 Å². The largest absolute Gasteiger partial charge is 0.370 e. The topological polar surface area (TPSA) is 67.7 Å². The van der Waals surface area contributed by atoms with E-state index in [-0.39, 0.29) is 6.04 Å². The fourth-order valence-corrected chi connectivity index (χ4v) is 1.95. The van der Waals surface area contributed by atoms with E-state index in [0.29, 0.717) is 12.5 Å². The molecular weight excluding hydrogens is 294 g/mol. The Bertz CT molecular complexity index is 573. The van der Waals surface area contributed by atoms with E-state index in [1.165, 1.54) is 0 Å². The average molecular weight is 310 g/mol. The Morgan fingerprint density at radius 2 is 2.28 bits per heavy atom. The van der Waals surface area contributed by atoms with Crippen molar-refractivity contribution in [3.05, 3.63) is 34.7 Å². The highest BCUT2D eigenvalue weighted by molar-refractivity contribution is 9.10. The maximum atomic E-state index is 5.74. The van der Waals surface area contributed by atoms with Gasteiger partial charge in [0.2, 0.25) is 0 Å². The highest BCUT2D eigenvalue weighted by Crippen LogP contribution is 2.12. The molecule has 2 aromatic heterocycles. The van der Waals surface area contributed by atoms with Gasteiger partial charge in [-0.1, -0.05) is 0 Å². The van der Waals surface area contributed by atoms with Crippen molar-refractivity contribution < 1.29 is 0 Å². The van der Waals surface area contributed by atoms with E-state index in [0.717, 1.165) is 15.8 Å². The van der Waals surface area contributed by atoms with Crippen LogP contribution in [0.5, 0.6) is 0 Å². The first-order valence-corrected chi connectivity index (χ1v) is 6.53. The SMILES string of the molecule is CC(C)NC(N)=NCc1cn2cc(Br)ccc2n1. The third-order valence-corrected chi connectivity index (χ3v) is 2.78. The van der Waals surface area contributed by atoms with Crippen LogP contribution < -0.4 is 11.1 Å². The molecule has 0 aliphatic rings. The zero-order valence-corrected chi connectivity index (χ0v) is 12.0. The molecule has 0 saturated heterocycles. The molecule has 5 nitrogen and oxygen atoms in total. The maximum absolute atomic E-state index is 5.74. The van der Waals surface area contributed by atoms with Crippen molar-refractivity contribution in [1.82, 2.24) is 14.7 Å². The standard InChI is InChI=1S/C12H16BrN5/c1-8(2)16-12(14)15-5-10-7-18-6-9(13)3-4-11(18)17-10/h3-4,6-8H,5H2,1-2H3,(H3,14,15,16). The third kappa shape index (κ3) is 3.22. The van der Waals surface area contributed by atoms with Crippen LogP contribution in [-0.4, -0.2) is 21.4 Å². The molecule has 0 radical (unpaired) electrons. The van der Waals surface area contributed by atoms with Crippen LogP contribution in [0.1, 0.15) is 19.5 Å². The highest BCUT2D eigenvalue weighted by atomic mass is 79.9. The number of hydrogen-bond donors (Lipinski definition) is 2. The van der Waals surface area contributed by atoms with Crippen molar-refractivity contribution in [2.45, 2.75) is 26.4 Å². The molecule has 0 aliphatic heterocycles. The van der Waals surface area contributed by atoms with Crippen LogP contribution in [0, 0.1) is 0 Å². The lowest BCUT2D eigenvalue weighted by atomic mass is 10.4. The summed E-state index contributed by atoms with van der Waals surface area (Å²) in [4.78, 5) is 8.70. The van der Waals surface area contributed by atoms with E-state index < -0.39 is 0 Å². The molecule has 0 fully saturated rings. The normalized spacial score (nSPS) is 12.3. The Kier molecular flexibility index (Phi) is 3.86. The Hall–Kier alpha value is -1.56. The number of nitrogens with two attached hydrogens (primary N) is 1. The first-order chi connectivity index (χ1) is 8.54. The van der Waals surface area contributed by atoms with Gasteiger partial charge in [-0.15, -0.1) is 0 Å². The summed E-state index contributed by atoms with van der Waals surface area (Å²) >= 11 is 3.42. The van der Waals surface area contributed by atoms with Crippen LogP contribution in [0.2, 0.25) is 0 Å². The molecule has 0 saturated carbocycles. The summed E-state index contributed by atoms with van der Waals surface area (Å²) < 4.78 is 2.98. The van der Waals surface area contributed by atoms with Crippen LogP contribution >= 0.6 is 15.9 Å². The zero-order chi connectivity index (χ0) is 13.1. The van der Waals surface area contributed by atoms with Crippen molar-refractivity contribution in [1.29, 1.82) is 0 Å². The number of guanidine groups is 1. The predicted octanol–water partition coefficient (Wildman–Crippen LogP) is 1.91. The molecule has 2 heterocycles. The summed E-state index contributed by atoms with van der Waals surface area (Å²) in [6, 6.07) is 4.20. The van der Waals surface area contributed by atoms with E-state index >= 15 is 0 Å². The Balaban J connectivity index is 2.12. The molecule has 0 aromatic carbocycles. The van der Waals surface area contributed by atoms with Gasteiger partial charge in [0.1, 0.15) is 5.65 Å². The van der Waals surface area contributed by atoms with Gasteiger partial charge in [-0.2, -0.15) is 0 Å². The predicted molar refractivity (Wildman–Crippen MR) is 76.5 cm³/mol.